The Morgan fingerprint density at radius 1 is 1.03 bits per heavy atom. The number of halogens is 1. The number of nitrogens with zero attached hydrogens (tertiary/aromatic N) is 5. The van der Waals surface area contributed by atoms with Crippen molar-refractivity contribution in [3.05, 3.63) is 54.2 Å². The fourth-order valence-electron chi connectivity index (χ4n) is 4.11. The first-order valence-electron chi connectivity index (χ1n) is 11.3. The van der Waals surface area contributed by atoms with Gasteiger partial charge in [0.1, 0.15) is 0 Å². The van der Waals surface area contributed by atoms with Crippen molar-refractivity contribution in [2.24, 2.45) is 4.99 Å². The number of aliphatic imine (C=N–C) groups is 1. The molecule has 8 nitrogen and oxygen atoms in total. The third-order valence-corrected chi connectivity index (χ3v) is 5.94. The van der Waals surface area contributed by atoms with Crippen LogP contribution in [0.5, 0.6) is 0 Å². The zero-order valence-electron chi connectivity index (χ0n) is 19.2. The number of ether oxygens (including phenoxy) is 1. The molecule has 0 atom stereocenters. The van der Waals surface area contributed by atoms with Gasteiger partial charge in [-0.1, -0.05) is 24.3 Å². The molecule has 4 rings (SSSR count). The highest BCUT2D eigenvalue weighted by atomic mass is 127. The predicted octanol–water partition coefficient (Wildman–Crippen LogP) is 1.92. The Balaban J connectivity index is 0.00000306. The molecule has 0 radical (unpaired) electrons. The third kappa shape index (κ3) is 7.12. The second-order valence-electron chi connectivity index (χ2n) is 8.07. The first-order valence-corrected chi connectivity index (χ1v) is 11.3. The maximum Gasteiger partial charge on any atom is 0.236 e. The highest BCUT2D eigenvalue weighted by molar-refractivity contribution is 14.0. The summed E-state index contributed by atoms with van der Waals surface area (Å²) >= 11 is 0. The van der Waals surface area contributed by atoms with E-state index in [1.165, 1.54) is 5.56 Å². The monoisotopic (exact) mass is 564 g/mol. The number of guanidine groups is 1. The number of carbonyl (C=O) groups is 1. The molecule has 0 spiro atoms. The van der Waals surface area contributed by atoms with E-state index in [9.17, 15) is 4.79 Å². The minimum atomic E-state index is 0. The Bertz CT molecular complexity index is 912. The minimum absolute atomic E-state index is 0. The van der Waals surface area contributed by atoms with Crippen LogP contribution in [0.15, 0.2) is 53.7 Å². The molecule has 9 heteroatoms. The SMILES string of the molecule is CN=C(NCc1cccc(-c2ccccn2)c1)N1CCN(CC(=O)N2CCOCC2)CC1.I. The van der Waals surface area contributed by atoms with Crippen LogP contribution in [0, 0.1) is 0 Å². The van der Waals surface area contributed by atoms with E-state index in [1.54, 1.807) is 0 Å². The molecule has 1 aromatic carbocycles. The van der Waals surface area contributed by atoms with Crippen molar-refractivity contribution in [3.8, 4) is 11.3 Å². The topological polar surface area (TPSA) is 73.3 Å². The number of carbonyl (C=O) groups excluding carboxylic acids is 1. The van der Waals surface area contributed by atoms with Crippen LogP contribution in [-0.4, -0.2) is 97.6 Å². The number of nitrogens with one attached hydrogen (secondary N) is 1. The molecular weight excluding hydrogens is 531 g/mol. The van der Waals surface area contributed by atoms with Crippen LogP contribution in [0.4, 0.5) is 0 Å². The van der Waals surface area contributed by atoms with Gasteiger partial charge in [0, 0.05) is 64.6 Å². The van der Waals surface area contributed by atoms with Crippen LogP contribution in [-0.2, 0) is 16.1 Å². The summed E-state index contributed by atoms with van der Waals surface area (Å²) in [4.78, 5) is 27.8. The molecule has 2 aliphatic heterocycles. The maximum absolute atomic E-state index is 12.5. The van der Waals surface area contributed by atoms with E-state index in [2.05, 4.69) is 49.4 Å². The van der Waals surface area contributed by atoms with Gasteiger partial charge in [-0.05, 0) is 23.8 Å². The van der Waals surface area contributed by atoms with Gasteiger partial charge >= 0.3 is 0 Å². The number of benzene rings is 1. The van der Waals surface area contributed by atoms with E-state index in [0.29, 0.717) is 39.4 Å². The Morgan fingerprint density at radius 2 is 1.82 bits per heavy atom. The molecule has 0 bridgehead atoms. The van der Waals surface area contributed by atoms with Gasteiger partial charge in [0.2, 0.25) is 5.91 Å². The van der Waals surface area contributed by atoms with Gasteiger partial charge in [-0.2, -0.15) is 0 Å². The standard InChI is InChI=1S/C24H32N6O2.HI/c1-25-24(27-18-20-5-4-6-21(17-20)22-7-2-3-8-26-22)30-11-9-28(10-12-30)19-23(31)29-13-15-32-16-14-29;/h2-8,17H,9-16,18-19H2,1H3,(H,25,27);1H. The molecule has 0 saturated carbocycles. The number of morpholine rings is 1. The van der Waals surface area contributed by atoms with E-state index in [1.807, 2.05) is 36.3 Å². The zero-order valence-corrected chi connectivity index (χ0v) is 21.5. The molecule has 2 aromatic rings. The van der Waals surface area contributed by atoms with Crippen molar-refractivity contribution in [2.45, 2.75) is 6.54 Å². The van der Waals surface area contributed by atoms with Crippen molar-refractivity contribution >= 4 is 35.8 Å². The normalized spacial score (nSPS) is 17.4. The second-order valence-corrected chi connectivity index (χ2v) is 8.07. The van der Waals surface area contributed by atoms with E-state index in [0.717, 1.165) is 43.4 Å². The first kappa shape index (κ1) is 25.4. The van der Waals surface area contributed by atoms with E-state index in [4.69, 9.17) is 4.74 Å². The number of hydrogen-bond donors (Lipinski definition) is 1. The zero-order chi connectivity index (χ0) is 22.2. The van der Waals surface area contributed by atoms with Gasteiger partial charge in [-0.3, -0.25) is 19.7 Å². The molecule has 2 fully saturated rings. The van der Waals surface area contributed by atoms with Crippen LogP contribution in [0.2, 0.25) is 0 Å². The minimum Gasteiger partial charge on any atom is -0.378 e. The van der Waals surface area contributed by atoms with Gasteiger partial charge in [0.15, 0.2) is 5.96 Å². The third-order valence-electron chi connectivity index (χ3n) is 5.94. The number of amides is 1. The van der Waals surface area contributed by atoms with Crippen LogP contribution in [0.3, 0.4) is 0 Å². The molecule has 0 unspecified atom stereocenters. The summed E-state index contributed by atoms with van der Waals surface area (Å²) in [6, 6.07) is 14.4. The van der Waals surface area contributed by atoms with E-state index >= 15 is 0 Å². The fourth-order valence-corrected chi connectivity index (χ4v) is 4.11. The van der Waals surface area contributed by atoms with Crippen LogP contribution in [0.25, 0.3) is 11.3 Å². The quantitative estimate of drug-likeness (QED) is 0.340. The second kappa shape index (κ2) is 12.9. The Morgan fingerprint density at radius 3 is 2.52 bits per heavy atom. The molecule has 1 aromatic heterocycles. The molecule has 0 aliphatic carbocycles. The molecular formula is C24H33IN6O2. The van der Waals surface area contributed by atoms with Crippen LogP contribution in [0.1, 0.15) is 5.56 Å². The van der Waals surface area contributed by atoms with Crippen molar-refractivity contribution in [2.75, 3.05) is 66.1 Å². The van der Waals surface area contributed by atoms with Crippen LogP contribution < -0.4 is 5.32 Å². The highest BCUT2D eigenvalue weighted by Gasteiger charge is 2.24. The van der Waals surface area contributed by atoms with Gasteiger partial charge in [-0.15, -0.1) is 24.0 Å². The lowest BCUT2D eigenvalue weighted by molar-refractivity contribution is -0.136. The summed E-state index contributed by atoms with van der Waals surface area (Å²) in [5.41, 5.74) is 3.27. The summed E-state index contributed by atoms with van der Waals surface area (Å²) in [5.74, 6) is 1.10. The van der Waals surface area contributed by atoms with Gasteiger partial charge in [0.25, 0.3) is 0 Å². The summed E-state index contributed by atoms with van der Waals surface area (Å²) in [7, 11) is 1.82. The number of hydrogen-bond acceptors (Lipinski definition) is 5. The molecule has 178 valence electrons. The lowest BCUT2D eigenvalue weighted by Gasteiger charge is -2.37. The van der Waals surface area contributed by atoms with Crippen molar-refractivity contribution in [1.82, 2.24) is 25.0 Å². The van der Waals surface area contributed by atoms with Crippen molar-refractivity contribution in [3.63, 3.8) is 0 Å². The molecule has 33 heavy (non-hydrogen) atoms. The molecule has 1 N–H and O–H groups in total. The summed E-state index contributed by atoms with van der Waals surface area (Å²) < 4.78 is 5.34. The summed E-state index contributed by atoms with van der Waals surface area (Å²) in [6.07, 6.45) is 1.82. The number of aromatic nitrogens is 1. The highest BCUT2D eigenvalue weighted by Crippen LogP contribution is 2.17. The Kier molecular flexibility index (Phi) is 9.89. The lowest BCUT2D eigenvalue weighted by Crippen LogP contribution is -2.54. The number of rotatable bonds is 5. The van der Waals surface area contributed by atoms with Gasteiger partial charge in [0.05, 0.1) is 25.5 Å². The first-order chi connectivity index (χ1) is 15.7. The van der Waals surface area contributed by atoms with Crippen molar-refractivity contribution < 1.29 is 9.53 Å². The van der Waals surface area contributed by atoms with Crippen molar-refractivity contribution in [1.29, 1.82) is 0 Å². The predicted molar refractivity (Wildman–Crippen MR) is 141 cm³/mol. The molecule has 3 heterocycles. The smallest absolute Gasteiger partial charge is 0.236 e. The number of pyridine rings is 1. The summed E-state index contributed by atoms with van der Waals surface area (Å²) in [6.45, 7) is 7.29. The molecule has 2 saturated heterocycles. The average Bonchev–Trinajstić information content (AvgIpc) is 2.86. The van der Waals surface area contributed by atoms with E-state index in [-0.39, 0.29) is 29.9 Å². The molecule has 2 aliphatic rings. The average molecular weight is 564 g/mol. The maximum atomic E-state index is 12.5. The van der Waals surface area contributed by atoms with Gasteiger partial charge < -0.3 is 19.9 Å². The van der Waals surface area contributed by atoms with Gasteiger partial charge in [-0.25, -0.2) is 0 Å². The number of piperazine rings is 1. The molecule has 1 amide bonds. The van der Waals surface area contributed by atoms with E-state index < -0.39 is 0 Å². The lowest BCUT2D eigenvalue weighted by atomic mass is 10.1. The largest absolute Gasteiger partial charge is 0.378 e. The Labute approximate surface area is 213 Å². The Hall–Kier alpha value is -2.24. The fraction of sp³-hybridized carbons (Fsp3) is 0.458. The van der Waals surface area contributed by atoms with Crippen LogP contribution >= 0.6 is 24.0 Å². The summed E-state index contributed by atoms with van der Waals surface area (Å²) in [5, 5.41) is 3.49.